The third-order valence-electron chi connectivity index (χ3n) is 3.21. The Morgan fingerprint density at radius 2 is 2.10 bits per heavy atom. The second-order valence-corrected chi connectivity index (χ2v) is 4.77. The Hall–Kier alpha value is -1.52. The molecule has 20 heavy (non-hydrogen) atoms. The molecule has 9 nitrogen and oxygen atoms in total. The van der Waals surface area contributed by atoms with Crippen LogP contribution in [0, 0.1) is 0 Å². The minimum Gasteiger partial charge on any atom is -0.394 e. The zero-order chi connectivity index (χ0) is 14.4. The molecule has 0 amide bonds. The number of halogens is 1. The van der Waals surface area contributed by atoms with Crippen molar-refractivity contribution in [3.8, 4) is 0 Å². The van der Waals surface area contributed by atoms with Gasteiger partial charge >= 0.3 is 0 Å². The van der Waals surface area contributed by atoms with Crippen molar-refractivity contribution in [1.29, 1.82) is 0 Å². The number of anilines is 1. The lowest BCUT2D eigenvalue weighted by atomic mass is 10.1. The average Bonchev–Trinajstić information content (AvgIpc) is 2.93. The predicted molar refractivity (Wildman–Crippen MR) is 67.8 cm³/mol. The van der Waals surface area contributed by atoms with Gasteiger partial charge in [0.05, 0.1) is 12.9 Å². The molecule has 0 spiro atoms. The summed E-state index contributed by atoms with van der Waals surface area (Å²) in [5, 5.41) is 28.8. The first-order chi connectivity index (χ1) is 9.52. The number of hydrogen-bond acceptors (Lipinski definition) is 8. The number of imidazole rings is 1. The van der Waals surface area contributed by atoms with E-state index in [0.717, 1.165) is 0 Å². The van der Waals surface area contributed by atoms with Crippen LogP contribution < -0.4 is 5.73 Å². The van der Waals surface area contributed by atoms with Crippen molar-refractivity contribution in [3.63, 3.8) is 0 Å². The number of nitrogens with zero attached hydrogens (tertiary/aromatic N) is 4. The van der Waals surface area contributed by atoms with Crippen LogP contribution in [0.15, 0.2) is 6.33 Å². The van der Waals surface area contributed by atoms with Crippen molar-refractivity contribution in [1.82, 2.24) is 19.5 Å². The summed E-state index contributed by atoms with van der Waals surface area (Å²) >= 11 is 5.74. The first-order valence-electron chi connectivity index (χ1n) is 5.81. The Morgan fingerprint density at radius 1 is 1.35 bits per heavy atom. The molecular formula is C10H12ClN5O4. The van der Waals surface area contributed by atoms with Gasteiger partial charge in [0.25, 0.3) is 0 Å². The highest BCUT2D eigenvalue weighted by molar-refractivity contribution is 6.28. The molecule has 0 unspecified atom stereocenters. The summed E-state index contributed by atoms with van der Waals surface area (Å²) in [4.78, 5) is 11.8. The van der Waals surface area contributed by atoms with Crippen LogP contribution >= 0.6 is 11.6 Å². The molecule has 1 saturated heterocycles. The molecule has 3 rings (SSSR count). The monoisotopic (exact) mass is 301 g/mol. The summed E-state index contributed by atoms with van der Waals surface area (Å²) in [7, 11) is 0. The lowest BCUT2D eigenvalue weighted by molar-refractivity contribution is -0.0511. The number of hydrogen-bond donors (Lipinski definition) is 4. The van der Waals surface area contributed by atoms with Crippen LogP contribution in [0.4, 0.5) is 5.82 Å². The maximum atomic E-state index is 9.99. The zero-order valence-electron chi connectivity index (χ0n) is 10.1. The topological polar surface area (TPSA) is 140 Å². The molecule has 4 atom stereocenters. The number of nitrogen functional groups attached to an aromatic ring is 1. The predicted octanol–water partition coefficient (Wildman–Crippen LogP) is -1.33. The molecule has 3 heterocycles. The average molecular weight is 302 g/mol. The molecule has 108 valence electrons. The molecule has 0 saturated carbocycles. The van der Waals surface area contributed by atoms with Gasteiger partial charge in [0.15, 0.2) is 17.7 Å². The van der Waals surface area contributed by atoms with Gasteiger partial charge in [-0.25, -0.2) is 4.98 Å². The van der Waals surface area contributed by atoms with E-state index in [1.807, 2.05) is 0 Å². The van der Waals surface area contributed by atoms with Crippen molar-refractivity contribution < 1.29 is 20.1 Å². The summed E-state index contributed by atoms with van der Waals surface area (Å²) in [6, 6.07) is 0. The van der Waals surface area contributed by atoms with Gasteiger partial charge in [-0.15, -0.1) is 0 Å². The molecular weight excluding hydrogens is 290 g/mol. The summed E-state index contributed by atoms with van der Waals surface area (Å²) in [6.07, 6.45) is -2.93. The molecule has 1 fully saturated rings. The Bertz CT molecular complexity index is 650. The standard InChI is InChI=1S/C10H12ClN5O4/c11-10-14-7(12)4-8(15-10)16(2-13-4)9-6(19)5(18)3(1-17)20-9/h2-3,5-6,9,17-19H,1H2,(H2,12,14,15)/t3-,5+,6+,9+/m1/s1. The lowest BCUT2D eigenvalue weighted by Crippen LogP contribution is -2.33. The Kier molecular flexibility index (Phi) is 3.22. The lowest BCUT2D eigenvalue weighted by Gasteiger charge is -2.16. The summed E-state index contributed by atoms with van der Waals surface area (Å²) < 4.78 is 6.79. The number of aromatic nitrogens is 4. The highest BCUT2D eigenvalue weighted by Crippen LogP contribution is 2.32. The molecule has 5 N–H and O–H groups in total. The van der Waals surface area contributed by atoms with E-state index in [9.17, 15) is 10.2 Å². The van der Waals surface area contributed by atoms with Crippen molar-refractivity contribution in [3.05, 3.63) is 11.6 Å². The van der Waals surface area contributed by atoms with E-state index in [1.54, 1.807) is 0 Å². The van der Waals surface area contributed by atoms with Gasteiger partial charge in [0, 0.05) is 0 Å². The molecule has 1 aliphatic heterocycles. The molecule has 0 radical (unpaired) electrons. The van der Waals surface area contributed by atoms with Crippen LogP contribution in [-0.2, 0) is 4.74 Å². The van der Waals surface area contributed by atoms with Gasteiger partial charge in [-0.2, -0.15) is 9.97 Å². The molecule has 1 aliphatic rings. The number of fused-ring (bicyclic) bond motifs is 1. The number of rotatable bonds is 2. The van der Waals surface area contributed by atoms with Gasteiger partial charge < -0.3 is 25.8 Å². The Balaban J connectivity index is 2.07. The third kappa shape index (κ3) is 1.91. The molecule has 0 aliphatic carbocycles. The van der Waals surface area contributed by atoms with Gasteiger partial charge in [0.1, 0.15) is 23.8 Å². The molecule has 2 aromatic rings. The largest absolute Gasteiger partial charge is 0.394 e. The normalized spacial score (nSPS) is 30.2. The Morgan fingerprint density at radius 3 is 2.75 bits per heavy atom. The highest BCUT2D eigenvalue weighted by Gasteiger charge is 2.44. The first-order valence-corrected chi connectivity index (χ1v) is 6.18. The first kappa shape index (κ1) is 13.5. The maximum Gasteiger partial charge on any atom is 0.226 e. The molecule has 0 aromatic carbocycles. The number of nitrogens with two attached hydrogens (primary N) is 1. The van der Waals surface area contributed by atoms with Crippen LogP contribution in [0.3, 0.4) is 0 Å². The van der Waals surface area contributed by atoms with E-state index in [0.29, 0.717) is 5.52 Å². The van der Waals surface area contributed by atoms with Crippen LogP contribution in [-0.4, -0.2) is 59.8 Å². The minimum absolute atomic E-state index is 0.0662. The van der Waals surface area contributed by atoms with Crippen LogP contribution in [0.25, 0.3) is 11.2 Å². The Labute approximate surface area is 117 Å². The zero-order valence-corrected chi connectivity index (χ0v) is 10.8. The van der Waals surface area contributed by atoms with Gasteiger partial charge in [-0.05, 0) is 11.6 Å². The van der Waals surface area contributed by atoms with Crippen LogP contribution in [0.1, 0.15) is 6.23 Å². The van der Waals surface area contributed by atoms with E-state index in [2.05, 4.69) is 15.0 Å². The number of aliphatic hydroxyl groups excluding tert-OH is 3. The van der Waals surface area contributed by atoms with Gasteiger partial charge in [0.2, 0.25) is 5.28 Å². The van der Waals surface area contributed by atoms with Crippen molar-refractivity contribution in [2.24, 2.45) is 0 Å². The second kappa shape index (κ2) is 4.79. The SMILES string of the molecule is Nc1nc(Cl)nc2c1ncn2[C@H]1O[C@H](CO)[C@H](O)[C@@H]1O. The molecule has 2 aromatic heterocycles. The summed E-state index contributed by atoms with van der Waals surface area (Å²) in [5.41, 5.74) is 6.27. The van der Waals surface area contributed by atoms with E-state index in [-0.39, 0.29) is 16.7 Å². The summed E-state index contributed by atoms with van der Waals surface area (Å²) in [5.74, 6) is 0.102. The van der Waals surface area contributed by atoms with Crippen molar-refractivity contribution in [2.75, 3.05) is 12.3 Å². The van der Waals surface area contributed by atoms with E-state index in [4.69, 9.17) is 27.2 Å². The van der Waals surface area contributed by atoms with E-state index >= 15 is 0 Å². The van der Waals surface area contributed by atoms with Crippen molar-refractivity contribution in [2.45, 2.75) is 24.5 Å². The van der Waals surface area contributed by atoms with Crippen molar-refractivity contribution >= 4 is 28.6 Å². The second-order valence-electron chi connectivity index (χ2n) is 4.43. The number of aliphatic hydroxyl groups is 3. The quantitative estimate of drug-likeness (QED) is 0.500. The summed E-state index contributed by atoms with van der Waals surface area (Å²) in [6.45, 7) is -0.417. The smallest absolute Gasteiger partial charge is 0.226 e. The number of ether oxygens (including phenoxy) is 1. The molecule has 10 heteroatoms. The van der Waals surface area contributed by atoms with Crippen LogP contribution in [0.5, 0.6) is 0 Å². The van der Waals surface area contributed by atoms with E-state index in [1.165, 1.54) is 10.9 Å². The minimum atomic E-state index is -1.24. The maximum absolute atomic E-state index is 9.99. The fourth-order valence-corrected chi connectivity index (χ4v) is 2.38. The fraction of sp³-hybridized carbons (Fsp3) is 0.500. The van der Waals surface area contributed by atoms with Gasteiger partial charge in [-0.1, -0.05) is 0 Å². The van der Waals surface area contributed by atoms with Crippen LogP contribution in [0.2, 0.25) is 5.28 Å². The molecule has 0 bridgehead atoms. The fourth-order valence-electron chi connectivity index (χ4n) is 2.21. The highest BCUT2D eigenvalue weighted by atomic mass is 35.5. The van der Waals surface area contributed by atoms with E-state index < -0.39 is 31.1 Å². The van der Waals surface area contributed by atoms with Gasteiger partial charge in [-0.3, -0.25) is 4.57 Å². The third-order valence-corrected chi connectivity index (χ3v) is 3.38.